The van der Waals surface area contributed by atoms with Gasteiger partial charge in [-0.2, -0.15) is 0 Å². The van der Waals surface area contributed by atoms with Gasteiger partial charge in [-0.15, -0.1) is 11.8 Å². The Kier molecular flexibility index (Phi) is 3.95. The van der Waals surface area contributed by atoms with Crippen LogP contribution in [0.15, 0.2) is 23.1 Å². The highest BCUT2D eigenvalue weighted by atomic mass is 32.2. The molecule has 108 valence electrons. The summed E-state index contributed by atoms with van der Waals surface area (Å²) in [4.78, 5) is 20.4. The number of nitro benzene ring substituents is 2. The molecule has 0 spiro atoms. The highest BCUT2D eigenvalue weighted by Gasteiger charge is 2.31. The van der Waals surface area contributed by atoms with Gasteiger partial charge in [0.1, 0.15) is 0 Å². The van der Waals surface area contributed by atoms with Crippen molar-refractivity contribution in [3.63, 3.8) is 0 Å². The Morgan fingerprint density at radius 3 is 2.40 bits per heavy atom. The number of hydrogen-bond donors (Lipinski definition) is 0. The van der Waals surface area contributed by atoms with E-state index in [1.54, 1.807) is 0 Å². The summed E-state index contributed by atoms with van der Waals surface area (Å²) in [5.74, 6) is 0.0528. The molecule has 0 amide bonds. The number of thioether (sulfide) groups is 1. The van der Waals surface area contributed by atoms with Gasteiger partial charge in [0.25, 0.3) is 11.4 Å². The minimum absolute atomic E-state index is 0.0220. The van der Waals surface area contributed by atoms with Crippen LogP contribution in [0.4, 0.5) is 11.4 Å². The Bertz CT molecular complexity index is 672. The maximum Gasteiger partial charge on any atom is 0.289 e. The van der Waals surface area contributed by atoms with E-state index >= 15 is 0 Å². The predicted octanol–water partition coefficient (Wildman–Crippen LogP) is 1.78. The third-order valence-corrected chi connectivity index (χ3v) is 6.15. The molecule has 10 heteroatoms. The molecule has 0 bridgehead atoms. The molecule has 1 atom stereocenters. The van der Waals surface area contributed by atoms with Gasteiger partial charge in [-0.25, -0.2) is 8.42 Å². The molecule has 1 aromatic rings. The molecule has 1 aromatic carbocycles. The third-order valence-electron chi connectivity index (χ3n) is 2.83. The second-order valence-corrected chi connectivity index (χ2v) is 7.88. The Hall–Kier alpha value is -1.68. The van der Waals surface area contributed by atoms with Gasteiger partial charge >= 0.3 is 0 Å². The van der Waals surface area contributed by atoms with Crippen LogP contribution in [0.2, 0.25) is 0 Å². The van der Waals surface area contributed by atoms with Crippen LogP contribution < -0.4 is 0 Å². The minimum Gasteiger partial charge on any atom is -0.258 e. The van der Waals surface area contributed by atoms with E-state index in [9.17, 15) is 28.6 Å². The summed E-state index contributed by atoms with van der Waals surface area (Å²) in [6.07, 6.45) is 0.432. The summed E-state index contributed by atoms with van der Waals surface area (Å²) in [5.41, 5.74) is -0.728. The van der Waals surface area contributed by atoms with E-state index in [2.05, 4.69) is 0 Å². The third kappa shape index (κ3) is 3.25. The Morgan fingerprint density at radius 2 is 1.90 bits per heavy atom. The topological polar surface area (TPSA) is 120 Å². The monoisotopic (exact) mass is 318 g/mol. The van der Waals surface area contributed by atoms with Gasteiger partial charge in [-0.05, 0) is 12.5 Å². The van der Waals surface area contributed by atoms with E-state index in [0.717, 1.165) is 17.8 Å². The van der Waals surface area contributed by atoms with Crippen LogP contribution in [0.1, 0.15) is 6.42 Å². The van der Waals surface area contributed by atoms with Crippen LogP contribution in [0, 0.1) is 20.2 Å². The molecule has 2 rings (SSSR count). The number of non-ortho nitro benzene ring substituents is 1. The van der Waals surface area contributed by atoms with E-state index in [-0.39, 0.29) is 33.0 Å². The van der Waals surface area contributed by atoms with Crippen molar-refractivity contribution < 1.29 is 18.3 Å². The summed E-state index contributed by atoms with van der Waals surface area (Å²) in [7, 11) is -3.07. The minimum atomic E-state index is -3.07. The van der Waals surface area contributed by atoms with Crippen molar-refractivity contribution in [1.29, 1.82) is 0 Å². The zero-order valence-corrected chi connectivity index (χ0v) is 11.7. The van der Waals surface area contributed by atoms with Gasteiger partial charge in [-0.1, -0.05) is 0 Å². The molecule has 1 saturated heterocycles. The smallest absolute Gasteiger partial charge is 0.258 e. The summed E-state index contributed by atoms with van der Waals surface area (Å²) < 4.78 is 22.7. The zero-order chi connectivity index (χ0) is 14.9. The molecular weight excluding hydrogens is 308 g/mol. The van der Waals surface area contributed by atoms with Gasteiger partial charge in [0.15, 0.2) is 9.84 Å². The molecule has 8 nitrogen and oxygen atoms in total. The van der Waals surface area contributed by atoms with Crippen molar-refractivity contribution in [1.82, 2.24) is 0 Å². The van der Waals surface area contributed by atoms with E-state index < -0.39 is 19.7 Å². The molecule has 1 unspecified atom stereocenters. The standard InChI is InChI=1S/C10H10N2O6S2/c13-11(14)7-1-2-10(9(5-7)12(15)16)19-8-3-4-20(17,18)6-8/h1-2,5,8H,3-4,6H2. The number of hydrogen-bond acceptors (Lipinski definition) is 7. The van der Waals surface area contributed by atoms with Crippen molar-refractivity contribution >= 4 is 33.0 Å². The van der Waals surface area contributed by atoms with Gasteiger partial charge in [0.2, 0.25) is 0 Å². The van der Waals surface area contributed by atoms with Crippen molar-refractivity contribution in [2.75, 3.05) is 11.5 Å². The van der Waals surface area contributed by atoms with Crippen LogP contribution in [0.5, 0.6) is 0 Å². The fraction of sp³-hybridized carbons (Fsp3) is 0.400. The van der Waals surface area contributed by atoms with E-state index in [1.165, 1.54) is 12.1 Å². The fourth-order valence-corrected chi connectivity index (χ4v) is 5.48. The van der Waals surface area contributed by atoms with E-state index in [1.807, 2.05) is 0 Å². The lowest BCUT2D eigenvalue weighted by molar-refractivity contribution is -0.396. The maximum absolute atomic E-state index is 11.4. The molecule has 20 heavy (non-hydrogen) atoms. The van der Waals surface area contributed by atoms with Gasteiger partial charge in [0.05, 0.1) is 32.3 Å². The molecule has 0 aliphatic carbocycles. The number of sulfone groups is 1. The van der Waals surface area contributed by atoms with Crippen molar-refractivity contribution in [3.8, 4) is 0 Å². The summed E-state index contributed by atoms with van der Waals surface area (Å²) in [6.45, 7) is 0. The Morgan fingerprint density at radius 1 is 1.20 bits per heavy atom. The second kappa shape index (κ2) is 5.37. The number of benzene rings is 1. The molecule has 1 aliphatic rings. The van der Waals surface area contributed by atoms with Crippen LogP contribution >= 0.6 is 11.8 Å². The van der Waals surface area contributed by atoms with Crippen LogP contribution in [0.25, 0.3) is 0 Å². The van der Waals surface area contributed by atoms with Gasteiger partial charge in [0, 0.05) is 11.3 Å². The Labute approximate surface area is 118 Å². The van der Waals surface area contributed by atoms with Crippen molar-refractivity contribution in [2.45, 2.75) is 16.6 Å². The first-order valence-corrected chi connectivity index (χ1v) is 8.28. The first-order chi connectivity index (χ1) is 9.28. The molecule has 0 saturated carbocycles. The molecule has 1 aliphatic heterocycles. The normalized spacial score (nSPS) is 20.7. The molecule has 1 fully saturated rings. The summed E-state index contributed by atoms with van der Waals surface area (Å²) in [5, 5.41) is 21.3. The van der Waals surface area contributed by atoms with Gasteiger partial charge < -0.3 is 0 Å². The maximum atomic E-state index is 11.4. The predicted molar refractivity (Wildman–Crippen MR) is 72.7 cm³/mol. The second-order valence-electron chi connectivity index (χ2n) is 4.31. The van der Waals surface area contributed by atoms with Crippen LogP contribution in [-0.4, -0.2) is 35.0 Å². The van der Waals surface area contributed by atoms with Crippen LogP contribution in [0.3, 0.4) is 0 Å². The lowest BCUT2D eigenvalue weighted by atomic mass is 10.3. The molecule has 1 heterocycles. The molecule has 0 N–H and O–H groups in total. The quantitative estimate of drug-likeness (QED) is 0.612. The first-order valence-electron chi connectivity index (χ1n) is 5.58. The van der Waals surface area contributed by atoms with Crippen molar-refractivity contribution in [2.24, 2.45) is 0 Å². The fourth-order valence-electron chi connectivity index (χ4n) is 1.90. The average molecular weight is 318 g/mol. The molecule has 0 radical (unpaired) electrons. The molecule has 0 aromatic heterocycles. The Balaban J connectivity index is 2.28. The highest BCUT2D eigenvalue weighted by Crippen LogP contribution is 2.38. The number of nitrogens with zero attached hydrogens (tertiary/aromatic N) is 2. The first kappa shape index (κ1) is 14.7. The largest absolute Gasteiger partial charge is 0.289 e. The highest BCUT2D eigenvalue weighted by molar-refractivity contribution is 8.02. The summed E-state index contributed by atoms with van der Waals surface area (Å²) >= 11 is 1.09. The summed E-state index contributed by atoms with van der Waals surface area (Å²) in [6, 6.07) is 3.37. The number of nitro groups is 2. The lowest BCUT2D eigenvalue weighted by Gasteiger charge is -2.07. The average Bonchev–Trinajstić information content (AvgIpc) is 2.68. The van der Waals surface area contributed by atoms with Crippen molar-refractivity contribution in [3.05, 3.63) is 38.4 Å². The number of rotatable bonds is 4. The van der Waals surface area contributed by atoms with Gasteiger partial charge in [-0.3, -0.25) is 20.2 Å². The SMILES string of the molecule is O=[N+]([O-])c1ccc(SC2CCS(=O)(=O)C2)c([N+](=O)[O-])c1. The molecular formula is C10H10N2O6S2. The lowest BCUT2D eigenvalue weighted by Crippen LogP contribution is -2.06. The van der Waals surface area contributed by atoms with Crippen LogP contribution in [-0.2, 0) is 9.84 Å². The van der Waals surface area contributed by atoms with E-state index in [4.69, 9.17) is 0 Å². The van der Waals surface area contributed by atoms with E-state index in [0.29, 0.717) is 6.42 Å². The zero-order valence-electron chi connectivity index (χ0n) is 10.1.